The van der Waals surface area contributed by atoms with Crippen LogP contribution in [0.4, 0.5) is 13.2 Å². The van der Waals surface area contributed by atoms with Crippen molar-refractivity contribution < 1.29 is 18.0 Å². The third-order valence-electron chi connectivity index (χ3n) is 3.52. The Balaban J connectivity index is 2.20. The molecule has 1 aliphatic rings. The van der Waals surface area contributed by atoms with Crippen LogP contribution in [0.1, 0.15) is 16.7 Å². The molecular weight excluding hydrogens is 269 g/mol. The molecule has 0 N–H and O–H groups in total. The van der Waals surface area contributed by atoms with Crippen LogP contribution >= 0.6 is 0 Å². The Kier molecular flexibility index (Phi) is 4.45. The number of alkyl halides is 3. The molecule has 3 nitrogen and oxygen atoms in total. The van der Waals surface area contributed by atoms with Crippen LogP contribution in [-0.2, 0) is 17.5 Å². The Bertz CT molecular complexity index is 480. The minimum atomic E-state index is -4.45. The van der Waals surface area contributed by atoms with Crippen molar-refractivity contribution in [1.82, 2.24) is 9.80 Å². The van der Waals surface area contributed by atoms with E-state index in [0.29, 0.717) is 0 Å². The van der Waals surface area contributed by atoms with Gasteiger partial charge in [0.05, 0.1) is 5.56 Å². The Morgan fingerprint density at radius 2 is 1.85 bits per heavy atom. The minimum Gasteiger partial charge on any atom is -0.304 e. The van der Waals surface area contributed by atoms with Crippen LogP contribution in [-0.4, -0.2) is 49.3 Å². The van der Waals surface area contributed by atoms with Crippen LogP contribution in [0.3, 0.4) is 0 Å². The molecule has 0 aliphatic carbocycles. The molecule has 109 valence electrons. The van der Waals surface area contributed by atoms with E-state index in [1.54, 1.807) is 0 Å². The van der Waals surface area contributed by atoms with Gasteiger partial charge in [0, 0.05) is 38.3 Å². The lowest BCUT2D eigenvalue weighted by molar-refractivity contribution is -0.138. The number of benzene rings is 1. The van der Waals surface area contributed by atoms with Gasteiger partial charge in [0.15, 0.2) is 0 Å². The molecular formula is C14H16F3N2O. The van der Waals surface area contributed by atoms with Crippen LogP contribution in [0, 0.1) is 0 Å². The highest BCUT2D eigenvalue weighted by Gasteiger charge is 2.34. The highest BCUT2D eigenvalue weighted by molar-refractivity contribution is 5.75. The summed E-state index contributed by atoms with van der Waals surface area (Å²) in [6.45, 7) is 3.44. The maximum absolute atomic E-state index is 13.0. The maximum Gasteiger partial charge on any atom is 0.416 e. The predicted molar refractivity (Wildman–Crippen MR) is 69.0 cm³/mol. The number of rotatable bonds is 3. The van der Waals surface area contributed by atoms with Gasteiger partial charge in [-0.05, 0) is 18.7 Å². The predicted octanol–water partition coefficient (Wildman–Crippen LogP) is 1.91. The molecule has 0 atom stereocenters. The first-order chi connectivity index (χ1) is 9.40. The van der Waals surface area contributed by atoms with E-state index >= 15 is 0 Å². The van der Waals surface area contributed by atoms with Crippen LogP contribution in [0.25, 0.3) is 0 Å². The summed E-state index contributed by atoms with van der Waals surface area (Å²) >= 11 is 0. The summed E-state index contributed by atoms with van der Waals surface area (Å²) < 4.78 is 39.1. The normalized spacial score (nSPS) is 18.2. The fourth-order valence-corrected chi connectivity index (χ4v) is 2.29. The standard InChI is InChI=1S/C14H16F3N2O/c1-18-4-6-19(7-5-18)9-12-3-2-11(10-20)8-13(12)14(15,16)17/h2-3,8H,4-7,9H2,1H3. The first-order valence-electron chi connectivity index (χ1n) is 6.39. The van der Waals surface area contributed by atoms with Crippen molar-refractivity contribution in [3.8, 4) is 0 Å². The molecule has 0 saturated carbocycles. The zero-order valence-corrected chi connectivity index (χ0v) is 11.2. The Morgan fingerprint density at radius 1 is 1.20 bits per heavy atom. The van der Waals surface area contributed by atoms with Crippen molar-refractivity contribution in [3.05, 3.63) is 34.9 Å². The lowest BCUT2D eigenvalue weighted by atomic mass is 10.0. The summed E-state index contributed by atoms with van der Waals surface area (Å²) in [5.74, 6) is 0. The topological polar surface area (TPSA) is 23.6 Å². The second-order valence-electron chi connectivity index (χ2n) is 5.05. The van der Waals surface area contributed by atoms with Crippen molar-refractivity contribution in [1.29, 1.82) is 0 Å². The van der Waals surface area contributed by atoms with Crippen molar-refractivity contribution in [2.45, 2.75) is 12.7 Å². The fraction of sp³-hybridized carbons (Fsp3) is 0.500. The molecule has 1 saturated heterocycles. The lowest BCUT2D eigenvalue weighted by Gasteiger charge is -2.32. The molecule has 0 spiro atoms. The van der Waals surface area contributed by atoms with Gasteiger partial charge in [0.1, 0.15) is 0 Å². The van der Waals surface area contributed by atoms with Gasteiger partial charge in [0.2, 0.25) is 6.29 Å². The first kappa shape index (κ1) is 15.0. The number of carbonyl (C=O) groups excluding carboxylic acids is 1. The van der Waals surface area contributed by atoms with E-state index in [4.69, 9.17) is 0 Å². The Morgan fingerprint density at radius 3 is 2.40 bits per heavy atom. The number of piperazine rings is 1. The summed E-state index contributed by atoms with van der Waals surface area (Å²) in [5.41, 5.74) is -0.599. The van der Waals surface area contributed by atoms with Gasteiger partial charge >= 0.3 is 6.18 Å². The van der Waals surface area contributed by atoms with Crippen molar-refractivity contribution in [2.75, 3.05) is 33.2 Å². The number of halogens is 3. The smallest absolute Gasteiger partial charge is 0.304 e. The quantitative estimate of drug-likeness (QED) is 0.847. The monoisotopic (exact) mass is 285 g/mol. The highest BCUT2D eigenvalue weighted by Crippen LogP contribution is 2.33. The molecule has 0 aromatic heterocycles. The van der Waals surface area contributed by atoms with Gasteiger partial charge in [-0.25, -0.2) is 0 Å². The zero-order chi connectivity index (χ0) is 14.8. The molecule has 20 heavy (non-hydrogen) atoms. The van der Waals surface area contributed by atoms with Gasteiger partial charge in [-0.2, -0.15) is 13.2 Å². The summed E-state index contributed by atoms with van der Waals surface area (Å²) in [6, 6.07) is 3.63. The van der Waals surface area contributed by atoms with Crippen LogP contribution in [0.15, 0.2) is 18.2 Å². The van der Waals surface area contributed by atoms with Crippen molar-refractivity contribution >= 4 is 6.29 Å². The van der Waals surface area contributed by atoms with E-state index in [-0.39, 0.29) is 17.7 Å². The van der Waals surface area contributed by atoms with E-state index in [2.05, 4.69) is 4.90 Å². The number of hydrogen-bond acceptors (Lipinski definition) is 3. The fourth-order valence-electron chi connectivity index (χ4n) is 2.29. The van der Waals surface area contributed by atoms with Crippen LogP contribution in [0.5, 0.6) is 0 Å². The molecule has 0 unspecified atom stereocenters. The van der Waals surface area contributed by atoms with E-state index < -0.39 is 11.7 Å². The summed E-state index contributed by atoms with van der Waals surface area (Å²) in [7, 11) is 1.99. The molecule has 6 heteroatoms. The van der Waals surface area contributed by atoms with Crippen molar-refractivity contribution in [2.24, 2.45) is 0 Å². The Hall–Kier alpha value is -1.40. The van der Waals surface area contributed by atoms with Gasteiger partial charge < -0.3 is 4.90 Å². The van der Waals surface area contributed by atoms with Crippen LogP contribution < -0.4 is 0 Å². The maximum atomic E-state index is 13.0. The molecule has 1 aliphatic heterocycles. The van der Waals surface area contributed by atoms with E-state index in [1.807, 2.05) is 11.9 Å². The Labute approximate surface area is 116 Å². The minimum absolute atomic E-state index is 0.0700. The summed E-state index contributed by atoms with van der Waals surface area (Å²) in [6.07, 6.45) is -2.94. The van der Waals surface area contributed by atoms with Gasteiger partial charge in [-0.15, -0.1) is 0 Å². The largest absolute Gasteiger partial charge is 0.416 e. The average molecular weight is 285 g/mol. The molecule has 1 aromatic carbocycles. The third-order valence-corrected chi connectivity index (χ3v) is 3.52. The highest BCUT2D eigenvalue weighted by atomic mass is 19.4. The molecule has 0 amide bonds. The van der Waals surface area contributed by atoms with E-state index in [9.17, 15) is 18.0 Å². The zero-order valence-electron chi connectivity index (χ0n) is 11.2. The summed E-state index contributed by atoms with van der Waals surface area (Å²) in [5, 5.41) is 0. The average Bonchev–Trinajstić information content (AvgIpc) is 2.40. The molecule has 0 bridgehead atoms. The van der Waals surface area contributed by atoms with Crippen LogP contribution in [0.2, 0.25) is 0 Å². The molecule has 2 rings (SSSR count). The first-order valence-corrected chi connectivity index (χ1v) is 6.39. The van der Waals surface area contributed by atoms with E-state index in [0.717, 1.165) is 32.2 Å². The number of hydrogen-bond donors (Lipinski definition) is 0. The number of likely N-dealkylation sites (N-methyl/N-ethyl adjacent to an activating group) is 1. The third kappa shape index (κ3) is 3.58. The number of nitrogens with zero attached hydrogens (tertiary/aromatic N) is 2. The summed E-state index contributed by atoms with van der Waals surface area (Å²) in [4.78, 5) is 14.7. The molecule has 1 heterocycles. The molecule has 1 fully saturated rings. The molecule has 1 aromatic rings. The van der Waals surface area contributed by atoms with Crippen molar-refractivity contribution in [3.63, 3.8) is 0 Å². The second kappa shape index (κ2) is 5.93. The van der Waals surface area contributed by atoms with Gasteiger partial charge in [0.25, 0.3) is 0 Å². The second-order valence-corrected chi connectivity index (χ2v) is 5.05. The van der Waals surface area contributed by atoms with E-state index in [1.165, 1.54) is 18.4 Å². The molecule has 1 radical (unpaired) electrons. The SMILES string of the molecule is CN1CCN(Cc2ccc([C]=O)cc2C(F)(F)F)CC1. The van der Waals surface area contributed by atoms with Gasteiger partial charge in [-0.1, -0.05) is 12.1 Å². The lowest BCUT2D eigenvalue weighted by Crippen LogP contribution is -2.44. The van der Waals surface area contributed by atoms with Gasteiger partial charge in [-0.3, -0.25) is 9.69 Å².